The second-order valence-electron chi connectivity index (χ2n) is 7.33. The van der Waals surface area contributed by atoms with Gasteiger partial charge in [0.25, 0.3) is 0 Å². The first kappa shape index (κ1) is 23.5. The lowest BCUT2D eigenvalue weighted by Gasteiger charge is -2.07. The van der Waals surface area contributed by atoms with Gasteiger partial charge in [-0.1, -0.05) is 85.2 Å². The lowest BCUT2D eigenvalue weighted by molar-refractivity contribution is 0.0768. The van der Waals surface area contributed by atoms with Crippen LogP contribution in [0.4, 0.5) is 0 Å². The van der Waals surface area contributed by atoms with Gasteiger partial charge in [0, 0.05) is 20.9 Å². The fourth-order valence-corrected chi connectivity index (χ4v) is 3.92. The van der Waals surface area contributed by atoms with E-state index in [-0.39, 0.29) is 18.2 Å². The van der Waals surface area contributed by atoms with E-state index in [4.69, 9.17) is 4.84 Å². The van der Waals surface area contributed by atoms with Crippen LogP contribution in [-0.4, -0.2) is 23.9 Å². The van der Waals surface area contributed by atoms with Crippen molar-refractivity contribution in [3.63, 3.8) is 0 Å². The molecule has 3 rings (SSSR count). The van der Waals surface area contributed by atoms with E-state index in [9.17, 15) is 9.59 Å². The zero-order valence-electron chi connectivity index (χ0n) is 18.2. The molecular formula is C27H27NO3S. The highest BCUT2D eigenvalue weighted by molar-refractivity contribution is 7.99. The van der Waals surface area contributed by atoms with E-state index in [2.05, 4.69) is 24.2 Å². The Kier molecular flexibility index (Phi) is 9.26. The Hall–Kier alpha value is -3.18. The summed E-state index contributed by atoms with van der Waals surface area (Å²) in [5.41, 5.74) is 1.48. The third-order valence-electron chi connectivity index (χ3n) is 4.84. The highest BCUT2D eigenvalue weighted by Crippen LogP contribution is 2.27. The van der Waals surface area contributed by atoms with Crippen molar-refractivity contribution in [3.05, 3.63) is 96.1 Å². The van der Waals surface area contributed by atoms with E-state index in [1.165, 1.54) is 0 Å². The number of unbranched alkanes of at least 4 members (excludes halogenated alkanes) is 2. The SMILES string of the molecule is CCCCCC(=NOCC(=O)c1ccccc1)C(=O)c1ccc(Sc2ccccc2)cc1. The molecule has 0 saturated carbocycles. The van der Waals surface area contributed by atoms with Gasteiger partial charge in [0.2, 0.25) is 11.6 Å². The maximum absolute atomic E-state index is 13.1. The molecule has 0 radical (unpaired) electrons. The van der Waals surface area contributed by atoms with E-state index < -0.39 is 0 Å². The molecule has 5 heteroatoms. The summed E-state index contributed by atoms with van der Waals surface area (Å²) in [5, 5.41) is 4.07. The summed E-state index contributed by atoms with van der Waals surface area (Å²) >= 11 is 1.64. The van der Waals surface area contributed by atoms with Crippen LogP contribution < -0.4 is 0 Å². The van der Waals surface area contributed by atoms with E-state index in [0.29, 0.717) is 23.3 Å². The monoisotopic (exact) mass is 445 g/mol. The number of hydrogen-bond donors (Lipinski definition) is 0. The summed E-state index contributed by atoms with van der Waals surface area (Å²) in [6.07, 6.45) is 3.41. The predicted octanol–water partition coefficient (Wildman–Crippen LogP) is 6.86. The average Bonchev–Trinajstić information content (AvgIpc) is 2.84. The third kappa shape index (κ3) is 7.20. The summed E-state index contributed by atoms with van der Waals surface area (Å²) in [6, 6.07) is 26.5. The second-order valence-corrected chi connectivity index (χ2v) is 8.47. The molecule has 0 aromatic heterocycles. The van der Waals surface area contributed by atoms with Gasteiger partial charge < -0.3 is 4.84 Å². The Morgan fingerprint density at radius 2 is 1.41 bits per heavy atom. The summed E-state index contributed by atoms with van der Waals surface area (Å²) in [5.74, 6) is -0.332. The average molecular weight is 446 g/mol. The van der Waals surface area contributed by atoms with Gasteiger partial charge in [-0.05, 0) is 49.2 Å². The van der Waals surface area contributed by atoms with Crippen LogP contribution in [0.5, 0.6) is 0 Å². The van der Waals surface area contributed by atoms with Crippen LogP contribution >= 0.6 is 11.8 Å². The molecule has 3 aromatic rings. The zero-order chi connectivity index (χ0) is 22.6. The second kappa shape index (κ2) is 12.6. The maximum Gasteiger partial charge on any atom is 0.210 e. The molecular weight excluding hydrogens is 418 g/mol. The van der Waals surface area contributed by atoms with Gasteiger partial charge in [-0.15, -0.1) is 0 Å². The van der Waals surface area contributed by atoms with Crippen LogP contribution in [0.15, 0.2) is 99.9 Å². The molecule has 0 aliphatic carbocycles. The summed E-state index contributed by atoms with van der Waals surface area (Å²) in [6.45, 7) is 1.91. The Balaban J connectivity index is 1.66. The molecule has 0 amide bonds. The number of oxime groups is 1. The van der Waals surface area contributed by atoms with Crippen molar-refractivity contribution in [2.75, 3.05) is 6.61 Å². The first-order chi connectivity index (χ1) is 15.7. The fourth-order valence-electron chi connectivity index (χ4n) is 3.08. The largest absolute Gasteiger partial charge is 0.387 e. The molecule has 0 N–H and O–H groups in total. The van der Waals surface area contributed by atoms with Crippen LogP contribution in [0.25, 0.3) is 0 Å². The van der Waals surface area contributed by atoms with Crippen molar-refractivity contribution in [3.8, 4) is 0 Å². The minimum atomic E-state index is -0.193. The number of carbonyl (C=O) groups is 2. The molecule has 0 atom stereocenters. The smallest absolute Gasteiger partial charge is 0.210 e. The van der Waals surface area contributed by atoms with Crippen LogP contribution in [0.3, 0.4) is 0 Å². The van der Waals surface area contributed by atoms with Gasteiger partial charge in [0.05, 0.1) is 0 Å². The first-order valence-electron chi connectivity index (χ1n) is 10.8. The van der Waals surface area contributed by atoms with E-state index >= 15 is 0 Å². The molecule has 0 saturated heterocycles. The molecule has 164 valence electrons. The van der Waals surface area contributed by atoms with E-state index in [0.717, 1.165) is 29.1 Å². The topological polar surface area (TPSA) is 55.7 Å². The number of carbonyl (C=O) groups excluding carboxylic acids is 2. The van der Waals surface area contributed by atoms with Gasteiger partial charge in [-0.3, -0.25) is 9.59 Å². The molecule has 4 nitrogen and oxygen atoms in total. The summed E-state index contributed by atoms with van der Waals surface area (Å²) < 4.78 is 0. The van der Waals surface area contributed by atoms with Crippen LogP contribution in [-0.2, 0) is 4.84 Å². The van der Waals surface area contributed by atoms with Crippen molar-refractivity contribution in [2.24, 2.45) is 5.16 Å². The summed E-state index contributed by atoms with van der Waals surface area (Å²) in [4.78, 5) is 32.8. The molecule has 3 aromatic carbocycles. The molecule has 0 heterocycles. The standard InChI is InChI=1S/C27H27NO3S/c1-2-3-6-15-25(28-31-20-26(29)21-11-7-4-8-12-21)27(30)22-16-18-24(19-17-22)32-23-13-9-5-10-14-23/h4-5,7-14,16-19H,2-3,6,15,20H2,1H3. The van der Waals surface area contributed by atoms with Gasteiger partial charge >= 0.3 is 0 Å². The van der Waals surface area contributed by atoms with Gasteiger partial charge in [-0.25, -0.2) is 0 Å². The normalized spacial score (nSPS) is 11.2. The zero-order valence-corrected chi connectivity index (χ0v) is 19.0. The number of benzene rings is 3. The fraction of sp³-hybridized carbons (Fsp3) is 0.222. The summed E-state index contributed by atoms with van der Waals surface area (Å²) in [7, 11) is 0. The number of hydrogen-bond acceptors (Lipinski definition) is 5. The highest BCUT2D eigenvalue weighted by atomic mass is 32.2. The lowest BCUT2D eigenvalue weighted by atomic mass is 10.0. The van der Waals surface area contributed by atoms with Gasteiger partial charge in [0.15, 0.2) is 6.61 Å². The Labute approximate surface area is 193 Å². The predicted molar refractivity (Wildman–Crippen MR) is 130 cm³/mol. The van der Waals surface area contributed by atoms with Crippen molar-refractivity contribution >= 4 is 29.0 Å². The number of Topliss-reactive ketones (excluding diaryl/α,β-unsaturated/α-hetero) is 2. The van der Waals surface area contributed by atoms with Gasteiger partial charge in [0.1, 0.15) is 5.71 Å². The Morgan fingerprint density at radius 1 is 0.781 bits per heavy atom. The van der Waals surface area contributed by atoms with E-state index in [1.807, 2.05) is 48.5 Å². The maximum atomic E-state index is 13.1. The molecule has 32 heavy (non-hydrogen) atoms. The van der Waals surface area contributed by atoms with Crippen LogP contribution in [0.1, 0.15) is 53.3 Å². The molecule has 0 bridgehead atoms. The Morgan fingerprint density at radius 3 is 2.06 bits per heavy atom. The molecule has 0 aliphatic heterocycles. The molecule has 0 unspecified atom stereocenters. The molecule has 0 aliphatic rings. The highest BCUT2D eigenvalue weighted by Gasteiger charge is 2.16. The van der Waals surface area contributed by atoms with E-state index in [1.54, 1.807) is 36.0 Å². The minimum absolute atomic E-state index is 0.162. The lowest BCUT2D eigenvalue weighted by Crippen LogP contribution is -2.16. The molecule has 0 fully saturated rings. The van der Waals surface area contributed by atoms with Crippen molar-refractivity contribution in [1.29, 1.82) is 0 Å². The quantitative estimate of drug-likeness (QED) is 0.132. The van der Waals surface area contributed by atoms with Crippen LogP contribution in [0, 0.1) is 0 Å². The van der Waals surface area contributed by atoms with Crippen LogP contribution in [0.2, 0.25) is 0 Å². The molecule has 0 spiro atoms. The number of ketones is 2. The van der Waals surface area contributed by atoms with Crippen molar-refractivity contribution in [1.82, 2.24) is 0 Å². The first-order valence-corrected chi connectivity index (χ1v) is 11.6. The minimum Gasteiger partial charge on any atom is -0.387 e. The number of rotatable bonds is 12. The third-order valence-corrected chi connectivity index (χ3v) is 5.86. The number of nitrogens with zero attached hydrogens (tertiary/aromatic N) is 1. The Bertz CT molecular complexity index is 1030. The van der Waals surface area contributed by atoms with Crippen molar-refractivity contribution in [2.45, 2.75) is 42.4 Å². The van der Waals surface area contributed by atoms with Gasteiger partial charge in [-0.2, -0.15) is 0 Å². The van der Waals surface area contributed by atoms with Crippen molar-refractivity contribution < 1.29 is 14.4 Å².